The molecule has 0 fully saturated rings. The topological polar surface area (TPSA) is 78.4 Å². The smallest absolute Gasteiger partial charge is 0.270 e. The van der Waals surface area contributed by atoms with Gasteiger partial charge in [0.1, 0.15) is 17.3 Å². The Hall–Kier alpha value is -1.95. The van der Waals surface area contributed by atoms with Crippen molar-refractivity contribution in [1.82, 2.24) is 0 Å². The lowest BCUT2D eigenvalue weighted by Crippen LogP contribution is -2.16. The highest BCUT2D eigenvalue weighted by Crippen LogP contribution is 2.32. The van der Waals surface area contributed by atoms with Crippen LogP contribution in [0.5, 0.6) is 5.75 Å². The van der Waals surface area contributed by atoms with Gasteiger partial charge in [-0.15, -0.1) is 0 Å². The minimum absolute atomic E-state index is 0.00796. The summed E-state index contributed by atoms with van der Waals surface area (Å²) in [5.41, 5.74) is 6.74. The van der Waals surface area contributed by atoms with Crippen molar-refractivity contribution in [3.05, 3.63) is 40.0 Å². The van der Waals surface area contributed by atoms with E-state index >= 15 is 0 Å². The lowest BCUT2D eigenvalue weighted by Gasteiger charge is -2.17. The molecule has 5 nitrogen and oxygen atoms in total. The molecule has 0 saturated heterocycles. The molecular weight excluding hydrogens is 228 g/mol. The monoisotopic (exact) mass is 236 g/mol. The molecule has 1 aromatic rings. The minimum Gasteiger partial charge on any atom is -0.489 e. The molecule has 0 radical (unpaired) electrons. The van der Waals surface area contributed by atoms with E-state index in [0.717, 1.165) is 0 Å². The van der Waals surface area contributed by atoms with Crippen LogP contribution in [0.4, 0.5) is 5.69 Å². The van der Waals surface area contributed by atoms with Crippen LogP contribution in [0.3, 0.4) is 0 Å². The molecule has 0 saturated carbocycles. The molecule has 2 N–H and O–H groups in total. The summed E-state index contributed by atoms with van der Waals surface area (Å²) in [5, 5.41) is 10.6. The van der Waals surface area contributed by atoms with Gasteiger partial charge in [0.05, 0.1) is 4.92 Å². The lowest BCUT2D eigenvalue weighted by molar-refractivity contribution is -0.384. The van der Waals surface area contributed by atoms with Gasteiger partial charge in [-0.05, 0) is 12.1 Å². The molecule has 0 aromatic heterocycles. The maximum absolute atomic E-state index is 10.6. The fourth-order valence-electron chi connectivity index (χ4n) is 1.53. The molecule has 0 spiro atoms. The fourth-order valence-corrected chi connectivity index (χ4v) is 1.72. The summed E-state index contributed by atoms with van der Waals surface area (Å²) in [5.74, 6) is 0.566. The normalized spacial score (nSPS) is 13.4. The maximum atomic E-state index is 10.6. The third-order valence-electron chi connectivity index (χ3n) is 2.26. The molecule has 0 unspecified atom stereocenters. The number of nitrogens with two attached hydrogens (primary N) is 1. The zero-order chi connectivity index (χ0) is 11.7. The number of hydrogen-bond acceptors (Lipinski definition) is 4. The van der Waals surface area contributed by atoms with E-state index in [1.54, 1.807) is 12.1 Å². The van der Waals surface area contributed by atoms with Gasteiger partial charge in [-0.3, -0.25) is 10.1 Å². The van der Waals surface area contributed by atoms with Crippen molar-refractivity contribution in [2.45, 2.75) is 0 Å². The molecule has 1 aliphatic rings. The Balaban J connectivity index is 2.56. The van der Waals surface area contributed by atoms with E-state index in [2.05, 4.69) is 0 Å². The molecule has 82 valence electrons. The quantitative estimate of drug-likeness (QED) is 0.480. The van der Waals surface area contributed by atoms with E-state index in [1.165, 1.54) is 12.1 Å². The van der Waals surface area contributed by atoms with Gasteiger partial charge in [-0.2, -0.15) is 0 Å². The van der Waals surface area contributed by atoms with Gasteiger partial charge in [0.25, 0.3) is 5.69 Å². The number of ether oxygens (including phenoxy) is 1. The van der Waals surface area contributed by atoms with Crippen molar-refractivity contribution in [1.29, 1.82) is 0 Å². The largest absolute Gasteiger partial charge is 0.489 e. The van der Waals surface area contributed by atoms with Gasteiger partial charge in [0, 0.05) is 23.3 Å². The van der Waals surface area contributed by atoms with Crippen molar-refractivity contribution in [2.75, 3.05) is 6.61 Å². The zero-order valence-corrected chi connectivity index (χ0v) is 8.99. The number of hydrogen-bond donors (Lipinski definition) is 1. The van der Waals surface area contributed by atoms with Crippen LogP contribution in [0.15, 0.2) is 24.3 Å². The van der Waals surface area contributed by atoms with Gasteiger partial charge >= 0.3 is 0 Å². The molecule has 0 atom stereocenters. The predicted octanol–water partition coefficient (Wildman–Crippen LogP) is 1.66. The molecular formula is C10H8N2O3S. The Morgan fingerprint density at radius 1 is 1.56 bits per heavy atom. The molecule has 1 heterocycles. The summed E-state index contributed by atoms with van der Waals surface area (Å²) in [7, 11) is 0. The Labute approximate surface area is 96.7 Å². The first-order valence-electron chi connectivity index (χ1n) is 4.51. The molecule has 2 rings (SSSR count). The molecule has 1 aliphatic heterocycles. The molecule has 16 heavy (non-hydrogen) atoms. The summed E-state index contributed by atoms with van der Waals surface area (Å²) < 4.78 is 5.32. The van der Waals surface area contributed by atoms with E-state index in [4.69, 9.17) is 22.7 Å². The summed E-state index contributed by atoms with van der Waals surface area (Å²) in [6, 6.07) is 4.36. The van der Waals surface area contributed by atoms with Crippen LogP contribution in [0.25, 0.3) is 5.57 Å². The summed E-state index contributed by atoms with van der Waals surface area (Å²) in [4.78, 5) is 10.4. The first-order valence-corrected chi connectivity index (χ1v) is 4.92. The molecule has 0 aliphatic carbocycles. The number of non-ortho nitro benzene ring substituents is 1. The van der Waals surface area contributed by atoms with E-state index in [1.807, 2.05) is 0 Å². The Kier molecular flexibility index (Phi) is 2.57. The molecule has 0 bridgehead atoms. The van der Waals surface area contributed by atoms with Gasteiger partial charge in [0.2, 0.25) is 0 Å². The van der Waals surface area contributed by atoms with E-state index < -0.39 is 4.92 Å². The van der Waals surface area contributed by atoms with E-state index in [9.17, 15) is 10.1 Å². The Morgan fingerprint density at radius 3 is 2.94 bits per heavy atom. The number of fused-ring (bicyclic) bond motifs is 1. The fraction of sp³-hybridized carbons (Fsp3) is 0.100. The van der Waals surface area contributed by atoms with Crippen molar-refractivity contribution in [2.24, 2.45) is 5.73 Å². The van der Waals surface area contributed by atoms with Crippen molar-refractivity contribution < 1.29 is 9.66 Å². The lowest BCUT2D eigenvalue weighted by atomic mass is 10.0. The van der Waals surface area contributed by atoms with E-state index in [-0.39, 0.29) is 10.7 Å². The van der Waals surface area contributed by atoms with Gasteiger partial charge in [-0.1, -0.05) is 12.2 Å². The highest BCUT2D eigenvalue weighted by atomic mass is 32.1. The third kappa shape index (κ3) is 1.74. The van der Waals surface area contributed by atoms with Crippen molar-refractivity contribution in [3.63, 3.8) is 0 Å². The summed E-state index contributed by atoms with van der Waals surface area (Å²) in [6.07, 6.45) is 1.72. The Morgan fingerprint density at radius 2 is 2.31 bits per heavy atom. The van der Waals surface area contributed by atoms with Crippen molar-refractivity contribution >= 4 is 28.5 Å². The average Bonchev–Trinajstić information content (AvgIpc) is 2.27. The van der Waals surface area contributed by atoms with Crippen LogP contribution < -0.4 is 10.5 Å². The van der Waals surface area contributed by atoms with Crippen LogP contribution in [0.1, 0.15) is 5.56 Å². The highest BCUT2D eigenvalue weighted by molar-refractivity contribution is 7.81. The number of benzene rings is 1. The van der Waals surface area contributed by atoms with Crippen LogP contribution in [-0.4, -0.2) is 16.5 Å². The maximum Gasteiger partial charge on any atom is 0.270 e. The van der Waals surface area contributed by atoms with Crippen LogP contribution in [0, 0.1) is 10.1 Å². The van der Waals surface area contributed by atoms with E-state index in [0.29, 0.717) is 23.5 Å². The number of rotatable bonds is 2. The van der Waals surface area contributed by atoms with Crippen molar-refractivity contribution in [3.8, 4) is 5.75 Å². The first-order chi connectivity index (χ1) is 7.59. The zero-order valence-electron chi connectivity index (χ0n) is 8.17. The van der Waals surface area contributed by atoms with Gasteiger partial charge in [0.15, 0.2) is 0 Å². The number of nitro benzene ring substituents is 1. The predicted molar refractivity (Wildman–Crippen MR) is 63.4 cm³/mol. The standard InChI is InChI=1S/C10H8N2O3S/c11-10(16)7-3-4-15-9-2-1-6(12(13)14)5-8(7)9/h1-3,5H,4H2,(H2,11,16). The SMILES string of the molecule is NC(=S)C1=CCOc2ccc([N+](=O)[O-])cc21. The number of nitro groups is 1. The molecule has 1 aromatic carbocycles. The first kappa shape index (κ1) is 10.6. The second kappa shape index (κ2) is 3.90. The van der Waals surface area contributed by atoms with Crippen LogP contribution in [0.2, 0.25) is 0 Å². The summed E-state index contributed by atoms with van der Waals surface area (Å²) >= 11 is 4.88. The second-order valence-corrected chi connectivity index (χ2v) is 3.67. The third-order valence-corrected chi connectivity index (χ3v) is 2.48. The summed E-state index contributed by atoms with van der Waals surface area (Å²) in [6.45, 7) is 0.373. The molecule has 6 heteroatoms. The average molecular weight is 236 g/mol. The number of thiocarbonyl (C=S) groups is 1. The van der Waals surface area contributed by atoms with Crippen LogP contribution >= 0.6 is 12.2 Å². The second-order valence-electron chi connectivity index (χ2n) is 3.23. The number of nitrogens with zero attached hydrogens (tertiary/aromatic N) is 1. The van der Waals surface area contributed by atoms with Gasteiger partial charge < -0.3 is 10.5 Å². The highest BCUT2D eigenvalue weighted by Gasteiger charge is 2.19. The Bertz CT molecular complexity index is 511. The molecule has 0 amide bonds. The van der Waals surface area contributed by atoms with Crippen LogP contribution in [-0.2, 0) is 0 Å². The minimum atomic E-state index is -0.466. The van der Waals surface area contributed by atoms with Gasteiger partial charge in [-0.25, -0.2) is 0 Å².